The second kappa shape index (κ2) is 7.21. The summed E-state index contributed by atoms with van der Waals surface area (Å²) in [7, 11) is 1.69. The van der Waals surface area contributed by atoms with Gasteiger partial charge >= 0.3 is 0 Å². The maximum Gasteiger partial charge on any atom is 0.102 e. The molecule has 1 aromatic rings. The second-order valence-corrected chi connectivity index (χ2v) is 4.55. The van der Waals surface area contributed by atoms with E-state index in [4.69, 9.17) is 4.74 Å². The molecule has 0 aliphatic rings. The van der Waals surface area contributed by atoms with Crippen LogP contribution in [0.3, 0.4) is 0 Å². The van der Waals surface area contributed by atoms with Crippen molar-refractivity contribution in [2.24, 2.45) is 0 Å². The summed E-state index contributed by atoms with van der Waals surface area (Å²) >= 11 is 1.59. The van der Waals surface area contributed by atoms with Crippen molar-refractivity contribution in [1.29, 1.82) is 5.26 Å². The molecule has 0 bridgehead atoms. The summed E-state index contributed by atoms with van der Waals surface area (Å²) in [6.45, 7) is 2.74. The van der Waals surface area contributed by atoms with Gasteiger partial charge in [-0.3, -0.25) is 0 Å². The molecule has 1 unspecified atom stereocenters. The third-order valence-electron chi connectivity index (χ3n) is 2.58. The molecule has 0 saturated heterocycles. The van der Waals surface area contributed by atoms with E-state index in [1.54, 1.807) is 18.9 Å². The molecule has 0 radical (unpaired) electrons. The first-order chi connectivity index (χ1) is 8.26. The van der Waals surface area contributed by atoms with E-state index >= 15 is 0 Å². The maximum absolute atomic E-state index is 9.21. The smallest absolute Gasteiger partial charge is 0.102 e. The average molecular weight is 250 g/mol. The van der Waals surface area contributed by atoms with Crippen molar-refractivity contribution in [2.75, 3.05) is 25.3 Å². The van der Waals surface area contributed by atoms with Crippen LogP contribution in [-0.2, 0) is 4.74 Å². The number of nitriles is 1. The summed E-state index contributed by atoms with van der Waals surface area (Å²) in [5, 5.41) is 12.6. The number of hydrogen-bond donors (Lipinski definition) is 1. The summed E-state index contributed by atoms with van der Waals surface area (Å²) in [6, 6.07) is 8.37. The first-order valence-corrected chi connectivity index (χ1v) is 6.81. The van der Waals surface area contributed by atoms with Gasteiger partial charge in [-0.15, -0.1) is 11.8 Å². The highest BCUT2D eigenvalue weighted by atomic mass is 32.2. The highest BCUT2D eigenvalue weighted by Gasteiger charge is 2.11. The molecular formula is C13H18N2OS. The molecule has 0 spiro atoms. The lowest BCUT2D eigenvalue weighted by Gasteiger charge is -2.18. The summed E-state index contributed by atoms with van der Waals surface area (Å²) in [4.78, 5) is 1.00. The second-order valence-electron chi connectivity index (χ2n) is 3.70. The van der Waals surface area contributed by atoms with Gasteiger partial charge in [-0.05, 0) is 24.8 Å². The van der Waals surface area contributed by atoms with Crippen LogP contribution in [0.5, 0.6) is 0 Å². The van der Waals surface area contributed by atoms with E-state index in [1.807, 2.05) is 24.5 Å². The number of methoxy groups -OCH3 is 1. The minimum absolute atomic E-state index is 0.240. The van der Waals surface area contributed by atoms with Gasteiger partial charge in [0.2, 0.25) is 0 Å². The molecule has 1 rings (SSSR count). The van der Waals surface area contributed by atoms with E-state index in [9.17, 15) is 5.26 Å². The fraction of sp³-hybridized carbons (Fsp3) is 0.462. The molecule has 1 atom stereocenters. The van der Waals surface area contributed by atoms with Crippen molar-refractivity contribution in [3.05, 3.63) is 23.8 Å². The van der Waals surface area contributed by atoms with Gasteiger partial charge in [-0.25, -0.2) is 0 Å². The normalized spacial score (nSPS) is 11.9. The number of rotatable bonds is 6. The van der Waals surface area contributed by atoms with Gasteiger partial charge in [0.15, 0.2) is 0 Å². The highest BCUT2D eigenvalue weighted by molar-refractivity contribution is 7.98. The molecule has 0 heterocycles. The highest BCUT2D eigenvalue weighted by Crippen LogP contribution is 2.26. The van der Waals surface area contributed by atoms with E-state index in [2.05, 4.69) is 18.3 Å². The van der Waals surface area contributed by atoms with E-state index in [-0.39, 0.29) is 6.04 Å². The number of hydrogen-bond acceptors (Lipinski definition) is 4. The zero-order valence-electron chi connectivity index (χ0n) is 10.5. The number of anilines is 1. The minimum atomic E-state index is 0.240. The van der Waals surface area contributed by atoms with Crippen molar-refractivity contribution in [3.8, 4) is 6.07 Å². The van der Waals surface area contributed by atoms with Crippen LogP contribution in [0.25, 0.3) is 0 Å². The van der Waals surface area contributed by atoms with Crippen molar-refractivity contribution in [3.63, 3.8) is 0 Å². The SMILES string of the molecule is CCC(COC)Nc1cccc(SC)c1C#N. The molecule has 1 aromatic carbocycles. The molecule has 1 N–H and O–H groups in total. The van der Waals surface area contributed by atoms with Crippen LogP contribution in [0, 0.1) is 11.3 Å². The Kier molecular flexibility index (Phi) is 5.88. The molecule has 0 fully saturated rings. The van der Waals surface area contributed by atoms with Crippen LogP contribution >= 0.6 is 11.8 Å². The number of ether oxygens (including phenoxy) is 1. The van der Waals surface area contributed by atoms with Crippen molar-refractivity contribution < 1.29 is 4.74 Å². The van der Waals surface area contributed by atoms with Gasteiger partial charge < -0.3 is 10.1 Å². The molecule has 17 heavy (non-hydrogen) atoms. The molecule has 4 heteroatoms. The van der Waals surface area contributed by atoms with Gasteiger partial charge in [0.1, 0.15) is 6.07 Å². The van der Waals surface area contributed by atoms with Crippen LogP contribution in [0.2, 0.25) is 0 Å². The van der Waals surface area contributed by atoms with Crippen molar-refractivity contribution in [2.45, 2.75) is 24.3 Å². The Morgan fingerprint density at radius 2 is 2.29 bits per heavy atom. The molecule has 0 aromatic heterocycles. The zero-order chi connectivity index (χ0) is 12.7. The Balaban J connectivity index is 2.94. The molecule has 3 nitrogen and oxygen atoms in total. The van der Waals surface area contributed by atoms with Gasteiger partial charge in [-0.2, -0.15) is 5.26 Å². The summed E-state index contributed by atoms with van der Waals surface area (Å²) in [5.41, 5.74) is 1.61. The largest absolute Gasteiger partial charge is 0.383 e. The lowest BCUT2D eigenvalue weighted by molar-refractivity contribution is 0.184. The summed E-state index contributed by atoms with van der Waals surface area (Å²) in [5.74, 6) is 0. The molecular weight excluding hydrogens is 232 g/mol. The lowest BCUT2D eigenvalue weighted by atomic mass is 10.1. The van der Waals surface area contributed by atoms with Crippen LogP contribution in [0.15, 0.2) is 23.1 Å². The van der Waals surface area contributed by atoms with Crippen molar-refractivity contribution >= 4 is 17.4 Å². The first kappa shape index (κ1) is 13.9. The number of thioether (sulfide) groups is 1. The van der Waals surface area contributed by atoms with Crippen LogP contribution < -0.4 is 5.32 Å². The van der Waals surface area contributed by atoms with E-state index in [0.717, 1.165) is 22.6 Å². The van der Waals surface area contributed by atoms with Gasteiger partial charge in [0.05, 0.1) is 17.9 Å². The number of benzene rings is 1. The zero-order valence-corrected chi connectivity index (χ0v) is 11.3. The maximum atomic E-state index is 9.21. The molecule has 0 saturated carbocycles. The lowest BCUT2D eigenvalue weighted by Crippen LogP contribution is -2.24. The quantitative estimate of drug-likeness (QED) is 0.788. The standard InChI is InChI=1S/C13H18N2OS/c1-4-10(9-16-2)15-12-6-5-7-13(17-3)11(12)8-14/h5-7,10,15H,4,9H2,1-3H3. The third-order valence-corrected chi connectivity index (χ3v) is 3.36. The van der Waals surface area contributed by atoms with Gasteiger partial charge in [-0.1, -0.05) is 13.0 Å². The molecule has 0 aliphatic carbocycles. The Bertz CT molecular complexity index is 401. The Morgan fingerprint density at radius 1 is 1.53 bits per heavy atom. The Labute approximate surface area is 107 Å². The number of nitrogens with one attached hydrogen (secondary N) is 1. The van der Waals surface area contributed by atoms with Crippen LogP contribution in [0.4, 0.5) is 5.69 Å². The number of nitrogens with zero attached hydrogens (tertiary/aromatic N) is 1. The van der Waals surface area contributed by atoms with Crippen LogP contribution in [0.1, 0.15) is 18.9 Å². The molecule has 0 aliphatic heterocycles. The molecule has 0 amide bonds. The predicted octanol–water partition coefficient (Wildman–Crippen LogP) is 3.12. The Morgan fingerprint density at radius 3 is 2.82 bits per heavy atom. The topological polar surface area (TPSA) is 45.0 Å². The van der Waals surface area contributed by atoms with Gasteiger partial charge in [0.25, 0.3) is 0 Å². The fourth-order valence-electron chi connectivity index (χ4n) is 1.62. The van der Waals surface area contributed by atoms with Gasteiger partial charge in [0, 0.05) is 18.0 Å². The third kappa shape index (κ3) is 3.65. The van der Waals surface area contributed by atoms with Crippen molar-refractivity contribution in [1.82, 2.24) is 0 Å². The first-order valence-electron chi connectivity index (χ1n) is 5.59. The van der Waals surface area contributed by atoms with E-state index in [0.29, 0.717) is 6.61 Å². The predicted molar refractivity (Wildman–Crippen MR) is 72.5 cm³/mol. The van der Waals surface area contributed by atoms with E-state index in [1.165, 1.54) is 0 Å². The monoisotopic (exact) mass is 250 g/mol. The Hall–Kier alpha value is -1.18. The molecule has 92 valence electrons. The van der Waals surface area contributed by atoms with Crippen LogP contribution in [-0.4, -0.2) is 26.0 Å². The fourth-order valence-corrected chi connectivity index (χ4v) is 2.19. The summed E-state index contributed by atoms with van der Waals surface area (Å²) < 4.78 is 5.15. The van der Waals surface area contributed by atoms with E-state index < -0.39 is 0 Å². The minimum Gasteiger partial charge on any atom is -0.383 e. The average Bonchev–Trinajstić information content (AvgIpc) is 2.37. The summed E-state index contributed by atoms with van der Waals surface area (Å²) in [6.07, 6.45) is 2.94.